The van der Waals surface area contributed by atoms with Crippen LogP contribution < -0.4 is 16.4 Å². The first-order valence-corrected chi connectivity index (χ1v) is 2.39. The fourth-order valence-electron chi connectivity index (χ4n) is 0.487. The van der Waals surface area contributed by atoms with E-state index in [1.807, 2.05) is 0 Å². The molecular weight excluding hydrogens is 125 g/mol. The van der Waals surface area contributed by atoms with Crippen molar-refractivity contribution in [3.63, 3.8) is 0 Å². The minimum atomic E-state index is -0.533. The lowest BCUT2D eigenvalue weighted by Crippen LogP contribution is -2.43. The third kappa shape index (κ3) is 1.10. The molecule has 0 radical (unpaired) electrons. The molecule has 9 heavy (non-hydrogen) atoms. The van der Waals surface area contributed by atoms with Gasteiger partial charge in [0.2, 0.25) is 0 Å². The molecule has 1 rings (SSSR count). The van der Waals surface area contributed by atoms with Crippen LogP contribution in [0.5, 0.6) is 0 Å². The van der Waals surface area contributed by atoms with Crippen molar-refractivity contribution in [2.75, 3.05) is 6.54 Å². The zero-order chi connectivity index (χ0) is 6.85. The molecule has 2 amide bonds. The zero-order valence-electron chi connectivity index (χ0n) is 4.57. The van der Waals surface area contributed by atoms with Crippen molar-refractivity contribution in [1.82, 2.24) is 10.6 Å². The lowest BCUT2D eigenvalue weighted by atomic mass is 10.4. The smallest absolute Gasteiger partial charge is 0.320 e. The van der Waals surface area contributed by atoms with Crippen molar-refractivity contribution < 1.29 is 9.18 Å². The summed E-state index contributed by atoms with van der Waals surface area (Å²) in [5.74, 6) is -0.728. The van der Waals surface area contributed by atoms with Crippen LogP contribution in [0.4, 0.5) is 9.18 Å². The molecular formula is C4H6FN3O. The van der Waals surface area contributed by atoms with Gasteiger partial charge in [-0.05, 0) is 0 Å². The Kier molecular flexibility index (Phi) is 1.26. The molecule has 1 aliphatic rings. The number of nitrogens with one attached hydrogen (secondary N) is 2. The maximum Gasteiger partial charge on any atom is 0.320 e. The second-order valence-electron chi connectivity index (χ2n) is 1.63. The van der Waals surface area contributed by atoms with Crippen LogP contribution in [0.25, 0.3) is 0 Å². The van der Waals surface area contributed by atoms with E-state index >= 15 is 0 Å². The maximum absolute atomic E-state index is 12.2. The molecule has 0 aromatic heterocycles. The highest BCUT2D eigenvalue weighted by Crippen LogP contribution is 1.99. The van der Waals surface area contributed by atoms with Gasteiger partial charge in [0.1, 0.15) is 5.82 Å². The van der Waals surface area contributed by atoms with Gasteiger partial charge in [0.05, 0.1) is 6.54 Å². The van der Waals surface area contributed by atoms with Crippen LogP contribution in [0.1, 0.15) is 0 Å². The number of hydrogen-bond acceptors (Lipinski definition) is 2. The molecule has 0 saturated carbocycles. The molecule has 0 fully saturated rings. The number of rotatable bonds is 0. The van der Waals surface area contributed by atoms with Crippen molar-refractivity contribution in [3.05, 3.63) is 11.6 Å². The van der Waals surface area contributed by atoms with Crippen LogP contribution in [-0.2, 0) is 0 Å². The predicted molar refractivity (Wildman–Crippen MR) is 28.9 cm³/mol. The Bertz CT molecular complexity index is 177. The third-order valence-corrected chi connectivity index (χ3v) is 0.945. The predicted octanol–water partition coefficient (Wildman–Crippen LogP) is -0.603. The topological polar surface area (TPSA) is 67.1 Å². The Morgan fingerprint density at radius 2 is 2.33 bits per heavy atom. The molecule has 0 bridgehead atoms. The minimum Gasteiger partial charge on any atom is -0.383 e. The van der Waals surface area contributed by atoms with Gasteiger partial charge in [-0.3, -0.25) is 5.32 Å². The third-order valence-electron chi connectivity index (χ3n) is 0.945. The average molecular weight is 131 g/mol. The molecule has 0 aromatic rings. The van der Waals surface area contributed by atoms with Crippen molar-refractivity contribution in [3.8, 4) is 0 Å². The summed E-state index contributed by atoms with van der Waals surface area (Å²) >= 11 is 0. The van der Waals surface area contributed by atoms with Crippen molar-refractivity contribution in [2.45, 2.75) is 0 Å². The quantitative estimate of drug-likeness (QED) is 0.410. The first kappa shape index (κ1) is 5.87. The fraction of sp³-hybridized carbons (Fsp3) is 0.250. The molecule has 0 spiro atoms. The van der Waals surface area contributed by atoms with Crippen LogP contribution in [-0.4, -0.2) is 12.6 Å². The Hall–Kier alpha value is -1.26. The van der Waals surface area contributed by atoms with E-state index in [-0.39, 0.29) is 12.4 Å². The van der Waals surface area contributed by atoms with Crippen LogP contribution in [0.15, 0.2) is 11.6 Å². The first-order valence-electron chi connectivity index (χ1n) is 2.39. The molecule has 5 heteroatoms. The summed E-state index contributed by atoms with van der Waals surface area (Å²) in [5.41, 5.74) is 5.00. The van der Waals surface area contributed by atoms with Gasteiger partial charge in [-0.2, -0.15) is 0 Å². The van der Waals surface area contributed by atoms with Crippen LogP contribution >= 0.6 is 0 Å². The number of urea groups is 1. The van der Waals surface area contributed by atoms with Gasteiger partial charge >= 0.3 is 6.03 Å². The number of amides is 2. The Morgan fingerprint density at radius 3 is 2.78 bits per heavy atom. The fourth-order valence-corrected chi connectivity index (χ4v) is 0.487. The van der Waals surface area contributed by atoms with Crippen LogP contribution in [0, 0.1) is 0 Å². The summed E-state index contributed by atoms with van der Waals surface area (Å²) in [6.07, 6.45) is 0. The Balaban J connectivity index is 2.72. The first-order chi connectivity index (χ1) is 4.20. The second kappa shape index (κ2) is 1.93. The van der Waals surface area contributed by atoms with Crippen LogP contribution in [0.3, 0.4) is 0 Å². The van der Waals surface area contributed by atoms with Gasteiger partial charge in [-0.25, -0.2) is 9.18 Å². The molecule has 0 aromatic carbocycles. The van der Waals surface area contributed by atoms with Crippen molar-refractivity contribution in [1.29, 1.82) is 0 Å². The van der Waals surface area contributed by atoms with Crippen molar-refractivity contribution in [2.24, 2.45) is 5.73 Å². The largest absolute Gasteiger partial charge is 0.383 e. The molecule has 4 N–H and O–H groups in total. The molecule has 0 saturated heterocycles. The SMILES string of the molecule is NC1=C(F)CNC(=O)N1. The van der Waals surface area contributed by atoms with Gasteiger partial charge in [0.25, 0.3) is 0 Å². The van der Waals surface area contributed by atoms with Gasteiger partial charge in [0.15, 0.2) is 5.83 Å². The summed E-state index contributed by atoms with van der Waals surface area (Å²) in [4.78, 5) is 10.3. The lowest BCUT2D eigenvalue weighted by molar-refractivity contribution is 0.240. The summed E-state index contributed by atoms with van der Waals surface area (Å²) in [6.45, 7) is -0.113. The van der Waals surface area contributed by atoms with E-state index in [1.54, 1.807) is 0 Å². The summed E-state index contributed by atoms with van der Waals surface area (Å²) in [5, 5.41) is 4.26. The Labute approximate surface area is 50.9 Å². The van der Waals surface area contributed by atoms with E-state index in [0.717, 1.165) is 0 Å². The van der Waals surface area contributed by atoms with Gasteiger partial charge in [0, 0.05) is 0 Å². The number of hydrogen-bond donors (Lipinski definition) is 3. The normalized spacial score (nSPS) is 19.0. The van der Waals surface area contributed by atoms with E-state index in [2.05, 4.69) is 10.6 Å². The second-order valence-corrected chi connectivity index (χ2v) is 1.63. The van der Waals surface area contributed by atoms with Gasteiger partial charge in [-0.15, -0.1) is 0 Å². The zero-order valence-corrected chi connectivity index (χ0v) is 4.57. The molecule has 0 atom stereocenters. The number of nitrogens with two attached hydrogens (primary N) is 1. The molecule has 50 valence electrons. The van der Waals surface area contributed by atoms with Crippen molar-refractivity contribution >= 4 is 6.03 Å². The Morgan fingerprint density at radius 1 is 1.67 bits per heavy atom. The number of carbonyl (C=O) groups is 1. The highest BCUT2D eigenvalue weighted by molar-refractivity contribution is 5.77. The summed E-state index contributed by atoms with van der Waals surface area (Å²) in [7, 11) is 0. The number of carbonyl (C=O) groups excluding carboxylic acids is 1. The molecule has 1 aliphatic heterocycles. The van der Waals surface area contributed by atoms with Gasteiger partial charge < -0.3 is 11.1 Å². The monoisotopic (exact) mass is 131 g/mol. The van der Waals surface area contributed by atoms with E-state index in [0.29, 0.717) is 0 Å². The van der Waals surface area contributed by atoms with E-state index in [1.165, 1.54) is 0 Å². The van der Waals surface area contributed by atoms with Gasteiger partial charge in [-0.1, -0.05) is 0 Å². The van der Waals surface area contributed by atoms with E-state index in [4.69, 9.17) is 5.73 Å². The average Bonchev–Trinajstić information content (AvgIpc) is 1.80. The summed E-state index contributed by atoms with van der Waals surface area (Å²) in [6, 6.07) is -0.464. The van der Waals surface area contributed by atoms with E-state index in [9.17, 15) is 9.18 Å². The minimum absolute atomic E-state index is 0.113. The molecule has 1 heterocycles. The molecule has 0 unspecified atom stereocenters. The number of halogens is 1. The molecule has 4 nitrogen and oxygen atoms in total. The summed E-state index contributed by atoms with van der Waals surface area (Å²) < 4.78 is 12.2. The standard InChI is InChI=1S/C4H6FN3O/c5-2-1-7-4(9)8-3(2)6/h1,6H2,(H2,7,8,9). The lowest BCUT2D eigenvalue weighted by Gasteiger charge is -2.13. The highest BCUT2D eigenvalue weighted by Gasteiger charge is 2.12. The maximum atomic E-state index is 12.2. The highest BCUT2D eigenvalue weighted by atomic mass is 19.1. The molecule has 0 aliphatic carbocycles. The van der Waals surface area contributed by atoms with E-state index < -0.39 is 11.9 Å². The van der Waals surface area contributed by atoms with Crippen LogP contribution in [0.2, 0.25) is 0 Å².